The van der Waals surface area contributed by atoms with Gasteiger partial charge in [0.05, 0.1) is 11.1 Å². The van der Waals surface area contributed by atoms with Crippen LogP contribution in [0.4, 0.5) is 10.3 Å². The van der Waals surface area contributed by atoms with Crippen molar-refractivity contribution in [3.63, 3.8) is 0 Å². The predicted octanol–water partition coefficient (Wildman–Crippen LogP) is 14.3. The number of esters is 1. The van der Waals surface area contributed by atoms with Gasteiger partial charge in [0.1, 0.15) is 27.3 Å². The monoisotopic (exact) mass is 1230 g/mol. The zero-order chi connectivity index (χ0) is 58.9. The lowest BCUT2D eigenvalue weighted by molar-refractivity contribution is -0.158. The van der Waals surface area contributed by atoms with E-state index in [4.69, 9.17) is 31.3 Å². The smallest absolute Gasteiger partial charge is 0.356 e. The molecule has 3 N–H and O–H groups in total. The summed E-state index contributed by atoms with van der Waals surface area (Å²) in [6.45, 7) is 0. The van der Waals surface area contributed by atoms with Crippen molar-refractivity contribution in [3.8, 4) is 0 Å². The molecule has 86 heavy (non-hydrogen) atoms. The molecule has 0 saturated carbocycles. The number of benzene rings is 8. The number of hydrogen-bond donors (Lipinski definition) is 3. The van der Waals surface area contributed by atoms with E-state index in [0.717, 1.165) is 60.2 Å². The molecule has 1 fully saturated rings. The van der Waals surface area contributed by atoms with Crippen LogP contribution < -0.4 is 16.0 Å². The van der Waals surface area contributed by atoms with Gasteiger partial charge < -0.3 is 25.5 Å². The number of fused-ring (bicyclic) bond motifs is 1. The molecular formula is C68H55ClN8O5S4. The van der Waals surface area contributed by atoms with Gasteiger partial charge in [0.15, 0.2) is 21.3 Å². The minimum Gasteiger partial charge on any atom is -0.448 e. The van der Waals surface area contributed by atoms with Crippen LogP contribution in [0, 0.1) is 0 Å². The first kappa shape index (κ1) is 57.6. The van der Waals surface area contributed by atoms with E-state index in [1.807, 2.05) is 206 Å². The highest BCUT2D eigenvalue weighted by Crippen LogP contribution is 2.46. The number of anilines is 2. The molecular weight excluding hydrogens is 1170 g/mol. The largest absolute Gasteiger partial charge is 0.448 e. The maximum absolute atomic E-state index is 15.7. The molecule has 0 bridgehead atoms. The summed E-state index contributed by atoms with van der Waals surface area (Å²) in [6.07, 6.45) is 0.0329. The van der Waals surface area contributed by atoms with Crippen molar-refractivity contribution in [2.24, 2.45) is 5.16 Å². The van der Waals surface area contributed by atoms with Crippen LogP contribution in [-0.4, -0.2) is 67.8 Å². The van der Waals surface area contributed by atoms with Crippen molar-refractivity contribution in [1.82, 2.24) is 25.4 Å². The Hall–Kier alpha value is -8.84. The van der Waals surface area contributed by atoms with Crippen molar-refractivity contribution < 1.29 is 24.0 Å². The molecule has 0 radical (unpaired) electrons. The maximum Gasteiger partial charge on any atom is 0.356 e. The van der Waals surface area contributed by atoms with Crippen LogP contribution in [0.2, 0.25) is 4.34 Å². The molecule has 18 heteroatoms. The number of aromatic nitrogens is 3. The SMILES string of the molecule is CNc1nnc(SCSC2=C(C(=O)OC(c3ccccc3)c3ccccc3)N3C(=O)[C@@H](NC(=O)C(=NOC(c4ccccc4)(c4ccccc4)c4ccccc4)c4nc(NC(c5ccccc5)(c5ccccc5)c5ccccc5)sc4Cl)[C@H]3CC2)s1. The lowest BCUT2D eigenvalue weighted by atomic mass is 9.77. The van der Waals surface area contributed by atoms with Gasteiger partial charge in [-0.3, -0.25) is 14.5 Å². The fraction of sp³-hybridized carbons (Fsp3) is 0.132. The van der Waals surface area contributed by atoms with Crippen LogP contribution in [0.1, 0.15) is 69.1 Å². The normalized spacial score (nSPS) is 15.1. The van der Waals surface area contributed by atoms with E-state index < -0.39 is 47.1 Å². The number of ether oxygens (including phenoxy) is 1. The number of carbonyl (C=O) groups is 3. The van der Waals surface area contributed by atoms with Crippen molar-refractivity contribution in [1.29, 1.82) is 0 Å². The second-order valence-electron chi connectivity index (χ2n) is 20.1. The third kappa shape index (κ3) is 11.7. The molecule has 13 nitrogen and oxygen atoms in total. The number of nitrogens with one attached hydrogen (secondary N) is 3. The summed E-state index contributed by atoms with van der Waals surface area (Å²) in [5, 5.41) is 24.8. The molecule has 8 aromatic carbocycles. The second-order valence-corrected chi connectivity index (χ2v) is 25.3. The summed E-state index contributed by atoms with van der Waals surface area (Å²) in [5.74, 6) is -1.95. The second kappa shape index (κ2) is 26.2. The molecule has 428 valence electrons. The average molecular weight is 1230 g/mol. The number of nitrogens with zero attached hydrogens (tertiary/aromatic N) is 5. The Labute approximate surface area is 519 Å². The molecule has 1 saturated heterocycles. The Kier molecular flexibility index (Phi) is 17.5. The van der Waals surface area contributed by atoms with Gasteiger partial charge in [-0.15, -0.1) is 22.0 Å². The minimum absolute atomic E-state index is 0.0144. The number of amides is 2. The molecule has 0 aliphatic carbocycles. The Morgan fingerprint density at radius 3 is 1.57 bits per heavy atom. The molecule has 0 unspecified atom stereocenters. The van der Waals surface area contributed by atoms with Crippen LogP contribution >= 0.6 is 57.8 Å². The number of carbonyl (C=O) groups excluding carboxylic acids is 3. The van der Waals surface area contributed by atoms with Gasteiger partial charge in [0.2, 0.25) is 10.7 Å². The zero-order valence-corrected chi connectivity index (χ0v) is 50.3. The minimum atomic E-state index is -1.43. The lowest BCUT2D eigenvalue weighted by Crippen LogP contribution is -2.72. The first-order valence-electron chi connectivity index (χ1n) is 27.7. The summed E-state index contributed by atoms with van der Waals surface area (Å²) in [6, 6.07) is 76.5. The van der Waals surface area contributed by atoms with Gasteiger partial charge in [-0.2, -0.15) is 0 Å². The molecule has 4 heterocycles. The molecule has 2 aromatic heterocycles. The van der Waals surface area contributed by atoms with Crippen molar-refractivity contribution in [2.75, 3.05) is 22.8 Å². The fourth-order valence-corrected chi connectivity index (χ4v) is 15.4. The van der Waals surface area contributed by atoms with E-state index >= 15 is 14.4 Å². The number of hydrogen-bond acceptors (Lipinski definition) is 15. The molecule has 0 spiro atoms. The topological polar surface area (TPSA) is 160 Å². The van der Waals surface area contributed by atoms with E-state index in [2.05, 4.69) is 62.5 Å². The van der Waals surface area contributed by atoms with Crippen molar-refractivity contribution in [3.05, 3.63) is 308 Å². The molecule has 2 aliphatic rings. The third-order valence-electron chi connectivity index (χ3n) is 15.1. The summed E-state index contributed by atoms with van der Waals surface area (Å²) in [7, 11) is 1.79. The van der Waals surface area contributed by atoms with E-state index in [9.17, 15) is 0 Å². The third-order valence-corrected chi connectivity index (χ3v) is 19.6. The highest BCUT2D eigenvalue weighted by atomic mass is 35.5. The van der Waals surface area contributed by atoms with Crippen LogP contribution in [0.15, 0.2) is 263 Å². The highest BCUT2D eigenvalue weighted by Gasteiger charge is 2.55. The van der Waals surface area contributed by atoms with Gasteiger partial charge in [-0.25, -0.2) is 9.78 Å². The molecule has 10 aromatic rings. The average Bonchev–Trinajstić information content (AvgIpc) is 0.985. The molecule has 12 rings (SSSR count). The summed E-state index contributed by atoms with van der Waals surface area (Å²) >= 11 is 12.9. The predicted molar refractivity (Wildman–Crippen MR) is 344 cm³/mol. The van der Waals surface area contributed by atoms with Crippen LogP contribution in [0.3, 0.4) is 0 Å². The van der Waals surface area contributed by atoms with E-state index in [1.54, 1.807) is 7.05 Å². The van der Waals surface area contributed by atoms with E-state index in [1.165, 1.54) is 39.8 Å². The van der Waals surface area contributed by atoms with Crippen LogP contribution in [0.5, 0.6) is 0 Å². The molecule has 2 atom stereocenters. The van der Waals surface area contributed by atoms with Crippen molar-refractivity contribution >= 4 is 91.6 Å². The number of allylic oxidation sites excluding steroid dienone is 1. The Morgan fingerprint density at radius 2 is 1.10 bits per heavy atom. The lowest BCUT2D eigenvalue weighted by Gasteiger charge is -2.50. The van der Waals surface area contributed by atoms with Gasteiger partial charge in [0.25, 0.3) is 11.8 Å². The Bertz CT molecular complexity index is 3790. The Balaban J connectivity index is 0.937. The summed E-state index contributed by atoms with van der Waals surface area (Å²) in [4.78, 5) is 60.3. The summed E-state index contributed by atoms with van der Waals surface area (Å²) in [5.41, 5.74) is 3.89. The first-order valence-corrected chi connectivity index (χ1v) is 31.7. The number of thioether (sulfide) groups is 2. The first-order chi connectivity index (χ1) is 42.2. The molecule has 2 amide bonds. The van der Waals surface area contributed by atoms with Gasteiger partial charge in [-0.05, 0) is 40.7 Å². The number of oxime groups is 1. The van der Waals surface area contributed by atoms with Crippen LogP contribution in [-0.2, 0) is 35.1 Å². The van der Waals surface area contributed by atoms with E-state index in [0.29, 0.717) is 33.1 Å². The standard InChI is InChI=1S/C68H55ClN8O5S4/c1-70-64-74-75-66(86-64)84-44-83-54-43-42-53-55(62(79)77(53)58(54)63(80)81-59(45-26-10-2-11-27-45)46-28-12-3-13-29-46)71-61(78)57(76-82-68(50-36-20-7-21-37-50,51-38-22-8-23-39-51)52-40-24-9-25-41-52)56-60(69)85-65(72-56)73-67(47-30-14-4-15-31-47,48-32-16-5-17-33-48)49-34-18-6-19-35-49/h2-41,53,55,59H,42-44H2,1H3,(H,70,74)(H,71,78)(H,72,73)/t53-,55+/m1/s1. The van der Waals surface area contributed by atoms with E-state index in [-0.39, 0.29) is 21.4 Å². The maximum atomic E-state index is 15.7. The summed E-state index contributed by atoms with van der Waals surface area (Å²) < 4.78 is 7.38. The van der Waals surface area contributed by atoms with Gasteiger partial charge in [-0.1, -0.05) is 294 Å². The fourth-order valence-electron chi connectivity index (χ4n) is 11.1. The molecule has 2 aliphatic heterocycles. The Morgan fingerprint density at radius 1 is 0.640 bits per heavy atom. The number of halogens is 1. The number of β-lactam (4-membered cyclic amide) rings is 1. The quantitative estimate of drug-likeness (QED) is 0.0112. The number of thiazole rings is 1. The van der Waals surface area contributed by atoms with Gasteiger partial charge >= 0.3 is 5.97 Å². The number of rotatable bonds is 22. The van der Waals surface area contributed by atoms with Crippen LogP contribution in [0.25, 0.3) is 0 Å². The van der Waals surface area contributed by atoms with Crippen molar-refractivity contribution in [2.45, 2.75) is 46.5 Å². The highest BCUT2D eigenvalue weighted by molar-refractivity contribution is 8.18. The zero-order valence-electron chi connectivity index (χ0n) is 46.2. The van der Waals surface area contributed by atoms with Gasteiger partial charge in [0, 0.05) is 28.6 Å².